The number of hydrogen-bond acceptors (Lipinski definition) is 7. The maximum atomic E-state index is 12.6. The number of H-pyrrole nitrogens is 1. The van der Waals surface area contributed by atoms with Crippen molar-refractivity contribution in [3.63, 3.8) is 0 Å². The van der Waals surface area contributed by atoms with Crippen LogP contribution in [-0.2, 0) is 11.2 Å². The molecule has 8 nitrogen and oxygen atoms in total. The number of aryl methyl sites for hydroxylation is 1. The highest BCUT2D eigenvalue weighted by molar-refractivity contribution is 5.74. The summed E-state index contributed by atoms with van der Waals surface area (Å²) in [5, 5.41) is 13.4. The number of nitrogens with zero attached hydrogens (tertiary/aromatic N) is 2. The predicted molar refractivity (Wildman–Crippen MR) is 147 cm³/mol. The molecule has 2 aromatic heterocycles. The third kappa shape index (κ3) is 4.88. The summed E-state index contributed by atoms with van der Waals surface area (Å²) in [5.41, 5.74) is 7.20. The Hall–Kier alpha value is -4.14. The van der Waals surface area contributed by atoms with Gasteiger partial charge in [0.15, 0.2) is 0 Å². The Labute approximate surface area is 220 Å². The number of pyridine rings is 2. The Bertz CT molecular complexity index is 1530. The minimum Gasteiger partial charge on any atom is -0.456 e. The highest BCUT2D eigenvalue weighted by atomic mass is 16.5. The summed E-state index contributed by atoms with van der Waals surface area (Å²) in [5.74, 6) is 1.53. The molecular formula is C30H30N4O4. The highest BCUT2D eigenvalue weighted by Gasteiger charge is 2.23. The molecule has 1 saturated heterocycles. The normalized spacial score (nSPS) is 15.3. The first-order valence-corrected chi connectivity index (χ1v) is 12.9. The van der Waals surface area contributed by atoms with Crippen LogP contribution >= 0.6 is 0 Å². The first kappa shape index (κ1) is 24.2. The number of aromatic amines is 1. The van der Waals surface area contributed by atoms with Crippen LogP contribution in [0.2, 0.25) is 0 Å². The molecule has 0 radical (unpaired) electrons. The lowest BCUT2D eigenvalue weighted by molar-refractivity contribution is 0.122. The number of ether oxygens (including phenoxy) is 2. The van der Waals surface area contributed by atoms with Crippen molar-refractivity contribution in [2.24, 2.45) is 0 Å². The van der Waals surface area contributed by atoms with Gasteiger partial charge < -0.3 is 29.8 Å². The average molecular weight is 511 g/mol. The van der Waals surface area contributed by atoms with Crippen molar-refractivity contribution in [1.82, 2.24) is 9.97 Å². The van der Waals surface area contributed by atoms with Crippen molar-refractivity contribution in [1.29, 1.82) is 0 Å². The van der Waals surface area contributed by atoms with Gasteiger partial charge in [-0.15, -0.1) is 0 Å². The Morgan fingerprint density at radius 1 is 1.08 bits per heavy atom. The number of aliphatic hydroxyl groups excluding tert-OH is 1. The van der Waals surface area contributed by atoms with Gasteiger partial charge in [0.05, 0.1) is 37.3 Å². The molecule has 2 aliphatic rings. The van der Waals surface area contributed by atoms with Crippen LogP contribution in [0.4, 0.5) is 11.4 Å². The molecule has 1 fully saturated rings. The molecule has 1 atom stereocenters. The fourth-order valence-corrected chi connectivity index (χ4v) is 5.12. The lowest BCUT2D eigenvalue weighted by Crippen LogP contribution is -2.36. The first-order valence-electron chi connectivity index (χ1n) is 12.9. The van der Waals surface area contributed by atoms with Crippen LogP contribution < -0.4 is 20.5 Å². The number of rotatable bonds is 6. The standard InChI is InChI=1S/C30H30N4O4/c1-19-7-8-31-26(13-19)27(18-35)32-22-5-6-28-21(15-22)14-20-3-2-4-24(30(20)38-28)25-16-23(17-29(36)33-25)34-9-11-37-12-10-34/h2-8,13,15-17,27,32,35H,9-12,14,18H2,1H3,(H,33,36). The quantitative estimate of drug-likeness (QED) is 0.311. The van der Waals surface area contributed by atoms with Crippen LogP contribution in [0, 0.1) is 6.92 Å². The minimum atomic E-state index is -0.313. The fourth-order valence-electron chi connectivity index (χ4n) is 5.12. The van der Waals surface area contributed by atoms with E-state index in [0.717, 1.165) is 69.6 Å². The number of benzene rings is 2. The van der Waals surface area contributed by atoms with Crippen molar-refractivity contribution < 1.29 is 14.6 Å². The summed E-state index contributed by atoms with van der Waals surface area (Å²) in [6.07, 6.45) is 2.45. The van der Waals surface area contributed by atoms with Crippen LogP contribution in [-0.4, -0.2) is 48.0 Å². The fraction of sp³-hybridized carbons (Fsp3) is 0.267. The van der Waals surface area contributed by atoms with Gasteiger partial charge >= 0.3 is 0 Å². The molecule has 8 heteroatoms. The van der Waals surface area contributed by atoms with Gasteiger partial charge in [-0.25, -0.2) is 0 Å². The second kappa shape index (κ2) is 10.3. The van der Waals surface area contributed by atoms with Crippen molar-refractivity contribution in [3.05, 3.63) is 99.6 Å². The van der Waals surface area contributed by atoms with Crippen molar-refractivity contribution in [2.75, 3.05) is 43.1 Å². The zero-order valence-corrected chi connectivity index (χ0v) is 21.2. The van der Waals surface area contributed by atoms with Gasteiger partial charge in [-0.2, -0.15) is 0 Å². The van der Waals surface area contributed by atoms with E-state index in [2.05, 4.69) is 32.3 Å². The molecule has 3 N–H and O–H groups in total. The molecule has 4 heterocycles. The maximum Gasteiger partial charge on any atom is 0.250 e. The van der Waals surface area contributed by atoms with E-state index in [9.17, 15) is 9.90 Å². The Morgan fingerprint density at radius 3 is 2.76 bits per heavy atom. The molecule has 6 rings (SSSR count). The summed E-state index contributed by atoms with van der Waals surface area (Å²) in [6, 6.07) is 19.2. The van der Waals surface area contributed by atoms with Crippen molar-refractivity contribution in [2.45, 2.75) is 19.4 Å². The first-order chi connectivity index (χ1) is 18.6. The second-order valence-corrected chi connectivity index (χ2v) is 9.75. The van der Waals surface area contributed by atoms with E-state index in [0.29, 0.717) is 19.6 Å². The molecule has 0 bridgehead atoms. The summed E-state index contributed by atoms with van der Waals surface area (Å²) in [7, 11) is 0. The number of hydrogen-bond donors (Lipinski definition) is 3. The summed E-state index contributed by atoms with van der Waals surface area (Å²) in [6.45, 7) is 4.76. The molecule has 194 valence electrons. The van der Waals surface area contributed by atoms with Crippen molar-refractivity contribution >= 4 is 11.4 Å². The van der Waals surface area contributed by atoms with E-state index in [1.54, 1.807) is 12.3 Å². The Kier molecular flexibility index (Phi) is 6.57. The number of nitrogens with one attached hydrogen (secondary N) is 2. The highest BCUT2D eigenvalue weighted by Crippen LogP contribution is 2.43. The number of aromatic nitrogens is 2. The van der Waals surface area contributed by atoms with Crippen LogP contribution in [0.15, 0.2) is 71.7 Å². The lowest BCUT2D eigenvalue weighted by atomic mass is 9.96. The number of fused-ring (bicyclic) bond motifs is 2. The van der Waals surface area contributed by atoms with Gasteiger partial charge in [0.25, 0.3) is 0 Å². The molecule has 0 aliphatic carbocycles. The number of anilines is 2. The molecule has 0 spiro atoms. The SMILES string of the molecule is Cc1ccnc(C(CO)Nc2ccc3c(c2)Cc2cccc(-c4cc(N5CCOCC5)cc(=O)[nH]4)c2O3)c1. The largest absolute Gasteiger partial charge is 0.456 e. The topological polar surface area (TPSA) is 99.7 Å². The van der Waals surface area contributed by atoms with E-state index in [1.165, 1.54) is 0 Å². The number of morpholine rings is 1. The Morgan fingerprint density at radius 2 is 1.95 bits per heavy atom. The number of para-hydroxylation sites is 1. The van der Waals surface area contributed by atoms with Crippen LogP contribution in [0.25, 0.3) is 11.3 Å². The van der Waals surface area contributed by atoms with Gasteiger partial charge in [0.2, 0.25) is 5.56 Å². The van der Waals surface area contributed by atoms with E-state index < -0.39 is 0 Å². The summed E-state index contributed by atoms with van der Waals surface area (Å²) in [4.78, 5) is 22.2. The lowest BCUT2D eigenvalue weighted by Gasteiger charge is -2.29. The molecule has 0 amide bonds. The third-order valence-electron chi connectivity index (χ3n) is 7.06. The Balaban J connectivity index is 1.28. The van der Waals surface area contributed by atoms with Gasteiger partial charge in [0, 0.05) is 54.3 Å². The van der Waals surface area contributed by atoms with Crippen LogP contribution in [0.5, 0.6) is 11.5 Å². The van der Waals surface area contributed by atoms with Crippen LogP contribution in [0.1, 0.15) is 28.4 Å². The monoisotopic (exact) mass is 510 g/mol. The predicted octanol–water partition coefficient (Wildman–Crippen LogP) is 4.42. The average Bonchev–Trinajstić information content (AvgIpc) is 2.94. The molecule has 4 aromatic rings. The van der Waals surface area contributed by atoms with Crippen LogP contribution in [0.3, 0.4) is 0 Å². The van der Waals surface area contributed by atoms with E-state index >= 15 is 0 Å². The van der Waals surface area contributed by atoms with E-state index in [-0.39, 0.29) is 18.2 Å². The second-order valence-electron chi connectivity index (χ2n) is 9.75. The van der Waals surface area contributed by atoms with Gasteiger partial charge in [-0.05, 0) is 60.5 Å². The van der Waals surface area contributed by atoms with Gasteiger partial charge in [0.1, 0.15) is 11.5 Å². The van der Waals surface area contributed by atoms with Gasteiger partial charge in [-0.3, -0.25) is 9.78 Å². The minimum absolute atomic E-state index is 0.0715. The molecule has 2 aromatic carbocycles. The summed E-state index contributed by atoms with van der Waals surface area (Å²) < 4.78 is 11.9. The van der Waals surface area contributed by atoms with E-state index in [1.807, 2.05) is 49.4 Å². The van der Waals surface area contributed by atoms with E-state index in [4.69, 9.17) is 9.47 Å². The molecule has 0 saturated carbocycles. The maximum absolute atomic E-state index is 12.6. The molecule has 1 unspecified atom stereocenters. The molecule has 2 aliphatic heterocycles. The molecule has 38 heavy (non-hydrogen) atoms. The number of aliphatic hydroxyl groups is 1. The summed E-state index contributed by atoms with van der Waals surface area (Å²) >= 11 is 0. The smallest absolute Gasteiger partial charge is 0.250 e. The van der Waals surface area contributed by atoms with Gasteiger partial charge in [-0.1, -0.05) is 12.1 Å². The van der Waals surface area contributed by atoms with Crippen molar-refractivity contribution in [3.8, 4) is 22.8 Å². The molecular weight excluding hydrogens is 480 g/mol. The zero-order chi connectivity index (χ0) is 26.1. The third-order valence-corrected chi connectivity index (χ3v) is 7.06. The zero-order valence-electron chi connectivity index (χ0n) is 21.2.